The Hall–Kier alpha value is -2.22. The summed E-state index contributed by atoms with van der Waals surface area (Å²) in [5, 5.41) is 18.1. The van der Waals surface area contributed by atoms with Crippen LogP contribution in [0.2, 0.25) is 5.02 Å². The highest BCUT2D eigenvalue weighted by Crippen LogP contribution is 2.24. The molecule has 2 aromatic rings. The van der Waals surface area contributed by atoms with Crippen molar-refractivity contribution >= 4 is 23.1 Å². The smallest absolute Gasteiger partial charge is 0.312 e. The molecule has 2 aromatic heterocycles. The molecule has 0 bridgehead atoms. The number of aryl methyl sites for hydroxylation is 1. The lowest BCUT2D eigenvalue weighted by atomic mass is 10.3. The van der Waals surface area contributed by atoms with Crippen LogP contribution in [-0.4, -0.2) is 31.2 Å². The molecule has 0 aliphatic carbocycles. The minimum atomic E-state index is -0.528. The molecule has 1 N–H and O–H groups in total. The van der Waals surface area contributed by atoms with E-state index in [0.717, 1.165) is 0 Å². The molecule has 0 amide bonds. The van der Waals surface area contributed by atoms with E-state index in [-0.39, 0.29) is 16.5 Å². The van der Waals surface area contributed by atoms with Crippen LogP contribution in [0.4, 0.5) is 11.5 Å². The zero-order valence-corrected chi connectivity index (χ0v) is 10.8. The summed E-state index contributed by atoms with van der Waals surface area (Å²) in [5.41, 5.74) is -0.151. The Labute approximate surface area is 113 Å². The summed E-state index contributed by atoms with van der Waals surface area (Å²) in [5.74, 6) is 0.844. The van der Waals surface area contributed by atoms with Crippen molar-refractivity contribution in [1.82, 2.24) is 19.7 Å². The van der Waals surface area contributed by atoms with E-state index < -0.39 is 4.92 Å². The summed E-state index contributed by atoms with van der Waals surface area (Å²) < 4.78 is 1.60. The molecule has 2 heterocycles. The van der Waals surface area contributed by atoms with Crippen LogP contribution in [0.25, 0.3) is 0 Å². The first-order valence-electron chi connectivity index (χ1n) is 5.44. The average molecular weight is 283 g/mol. The Bertz CT molecular complexity index is 599. The predicted octanol–water partition coefficient (Wildman–Crippen LogP) is 1.43. The van der Waals surface area contributed by atoms with Gasteiger partial charge in [-0.2, -0.15) is 5.10 Å². The maximum atomic E-state index is 10.8. The fourth-order valence-corrected chi connectivity index (χ4v) is 1.65. The fraction of sp³-hybridized carbons (Fsp3) is 0.300. The van der Waals surface area contributed by atoms with Crippen LogP contribution in [0.15, 0.2) is 18.6 Å². The van der Waals surface area contributed by atoms with E-state index in [2.05, 4.69) is 20.4 Å². The minimum Gasteiger partial charge on any atom is -0.364 e. The van der Waals surface area contributed by atoms with Crippen molar-refractivity contribution in [2.45, 2.75) is 6.42 Å². The molecule has 0 radical (unpaired) electrons. The fourth-order valence-electron chi connectivity index (χ4n) is 1.50. The molecular formula is C10H11ClN6O2. The molecule has 9 heteroatoms. The van der Waals surface area contributed by atoms with Gasteiger partial charge in [0.1, 0.15) is 6.33 Å². The molecule has 8 nitrogen and oxygen atoms in total. The van der Waals surface area contributed by atoms with Crippen LogP contribution < -0.4 is 5.32 Å². The number of rotatable bonds is 5. The first kappa shape index (κ1) is 13.2. The molecular weight excluding hydrogens is 272 g/mol. The second-order valence-electron chi connectivity index (χ2n) is 3.79. The summed E-state index contributed by atoms with van der Waals surface area (Å²) in [4.78, 5) is 18.3. The molecule has 0 spiro atoms. The average Bonchev–Trinajstić information content (AvgIpc) is 2.77. The Morgan fingerprint density at radius 3 is 2.95 bits per heavy atom. The molecule has 0 aliphatic rings. The lowest BCUT2D eigenvalue weighted by molar-refractivity contribution is -0.384. The highest BCUT2D eigenvalue weighted by atomic mass is 35.5. The van der Waals surface area contributed by atoms with E-state index in [9.17, 15) is 10.1 Å². The van der Waals surface area contributed by atoms with E-state index in [0.29, 0.717) is 18.8 Å². The van der Waals surface area contributed by atoms with Crippen LogP contribution in [0.5, 0.6) is 0 Å². The van der Waals surface area contributed by atoms with Crippen LogP contribution >= 0.6 is 11.6 Å². The summed E-state index contributed by atoms with van der Waals surface area (Å²) in [6, 6.07) is 1.26. The Balaban J connectivity index is 2.01. The van der Waals surface area contributed by atoms with Crippen molar-refractivity contribution in [3.63, 3.8) is 0 Å². The van der Waals surface area contributed by atoms with E-state index in [1.807, 2.05) is 0 Å². The van der Waals surface area contributed by atoms with Gasteiger partial charge in [0.05, 0.1) is 9.95 Å². The van der Waals surface area contributed by atoms with Gasteiger partial charge in [-0.25, -0.2) is 9.97 Å². The standard InChI is InChI=1S/C10H11ClN6O2/c1-16-6-14-9(15-16)2-3-12-10-8(17(18)19)4-7(11)5-13-10/h4-6H,2-3H2,1H3,(H,12,13). The van der Waals surface area contributed by atoms with Crippen molar-refractivity contribution in [2.24, 2.45) is 7.05 Å². The minimum absolute atomic E-state index is 0.151. The Morgan fingerprint density at radius 2 is 2.32 bits per heavy atom. The number of nitrogens with zero attached hydrogens (tertiary/aromatic N) is 5. The van der Waals surface area contributed by atoms with Crippen LogP contribution in [0.1, 0.15) is 5.82 Å². The number of anilines is 1. The number of aromatic nitrogens is 4. The molecule has 0 saturated carbocycles. The lowest BCUT2D eigenvalue weighted by Crippen LogP contribution is -2.09. The molecule has 0 unspecified atom stereocenters. The molecule has 0 atom stereocenters. The third kappa shape index (κ3) is 3.38. The summed E-state index contributed by atoms with van der Waals surface area (Å²) in [6.45, 7) is 0.444. The van der Waals surface area contributed by atoms with Crippen LogP contribution in [-0.2, 0) is 13.5 Å². The van der Waals surface area contributed by atoms with Gasteiger partial charge in [-0.05, 0) is 0 Å². The van der Waals surface area contributed by atoms with Crippen molar-refractivity contribution in [1.29, 1.82) is 0 Å². The second-order valence-corrected chi connectivity index (χ2v) is 4.23. The van der Waals surface area contributed by atoms with Gasteiger partial charge in [0, 0.05) is 32.3 Å². The van der Waals surface area contributed by atoms with Gasteiger partial charge in [0.2, 0.25) is 5.82 Å². The normalized spacial score (nSPS) is 10.4. The van der Waals surface area contributed by atoms with E-state index in [1.54, 1.807) is 18.1 Å². The molecule has 19 heavy (non-hydrogen) atoms. The lowest BCUT2D eigenvalue weighted by Gasteiger charge is -2.04. The monoisotopic (exact) mass is 282 g/mol. The van der Waals surface area contributed by atoms with Crippen molar-refractivity contribution in [2.75, 3.05) is 11.9 Å². The van der Waals surface area contributed by atoms with Crippen molar-refractivity contribution in [3.8, 4) is 0 Å². The van der Waals surface area contributed by atoms with Gasteiger partial charge in [0.25, 0.3) is 0 Å². The van der Waals surface area contributed by atoms with Gasteiger partial charge >= 0.3 is 5.69 Å². The summed E-state index contributed by atoms with van der Waals surface area (Å²) in [6.07, 6.45) is 3.50. The molecule has 100 valence electrons. The highest BCUT2D eigenvalue weighted by molar-refractivity contribution is 6.30. The zero-order valence-electron chi connectivity index (χ0n) is 10.1. The highest BCUT2D eigenvalue weighted by Gasteiger charge is 2.15. The van der Waals surface area contributed by atoms with Gasteiger partial charge in [-0.15, -0.1) is 0 Å². The quantitative estimate of drug-likeness (QED) is 0.658. The van der Waals surface area contributed by atoms with Crippen molar-refractivity contribution < 1.29 is 4.92 Å². The van der Waals surface area contributed by atoms with Gasteiger partial charge in [-0.1, -0.05) is 11.6 Å². The first-order valence-corrected chi connectivity index (χ1v) is 5.82. The van der Waals surface area contributed by atoms with Crippen LogP contribution in [0, 0.1) is 10.1 Å². The largest absolute Gasteiger partial charge is 0.364 e. The topological polar surface area (TPSA) is 98.8 Å². The molecule has 0 saturated heterocycles. The second kappa shape index (κ2) is 5.61. The Kier molecular flexibility index (Phi) is 3.91. The molecule has 2 rings (SSSR count). The molecule has 0 aliphatic heterocycles. The third-order valence-electron chi connectivity index (χ3n) is 2.32. The number of hydrogen-bond donors (Lipinski definition) is 1. The van der Waals surface area contributed by atoms with Crippen LogP contribution in [0.3, 0.4) is 0 Å². The summed E-state index contributed by atoms with van der Waals surface area (Å²) >= 11 is 5.68. The maximum absolute atomic E-state index is 10.8. The third-order valence-corrected chi connectivity index (χ3v) is 2.53. The number of halogens is 1. The first-order chi connectivity index (χ1) is 9.06. The van der Waals surface area contributed by atoms with E-state index in [4.69, 9.17) is 11.6 Å². The number of hydrogen-bond acceptors (Lipinski definition) is 6. The predicted molar refractivity (Wildman–Crippen MR) is 69.1 cm³/mol. The van der Waals surface area contributed by atoms with Crippen molar-refractivity contribution in [3.05, 3.63) is 39.6 Å². The van der Waals surface area contributed by atoms with Gasteiger partial charge in [-0.3, -0.25) is 14.8 Å². The SMILES string of the molecule is Cn1cnc(CCNc2ncc(Cl)cc2[N+](=O)[O-])n1. The molecule has 0 aromatic carbocycles. The Morgan fingerprint density at radius 1 is 1.53 bits per heavy atom. The molecule has 0 fully saturated rings. The zero-order chi connectivity index (χ0) is 13.8. The maximum Gasteiger partial charge on any atom is 0.312 e. The number of nitro groups is 1. The summed E-state index contributed by atoms with van der Waals surface area (Å²) in [7, 11) is 1.77. The number of nitrogens with one attached hydrogen (secondary N) is 1. The van der Waals surface area contributed by atoms with Gasteiger partial charge in [0.15, 0.2) is 5.82 Å². The van der Waals surface area contributed by atoms with Gasteiger partial charge < -0.3 is 5.32 Å². The number of pyridine rings is 1. The van der Waals surface area contributed by atoms with E-state index >= 15 is 0 Å². The van der Waals surface area contributed by atoms with E-state index in [1.165, 1.54) is 12.3 Å².